The van der Waals surface area contributed by atoms with Crippen LogP contribution in [0.25, 0.3) is 0 Å². The molecule has 1 atom stereocenters. The zero-order valence-electron chi connectivity index (χ0n) is 9.91. The molecule has 1 unspecified atom stereocenters. The quantitative estimate of drug-likeness (QED) is 0.603. The van der Waals surface area contributed by atoms with E-state index < -0.39 is 0 Å². The van der Waals surface area contributed by atoms with Crippen molar-refractivity contribution in [3.8, 4) is 0 Å². The summed E-state index contributed by atoms with van der Waals surface area (Å²) in [4.78, 5) is 1.30. The molecule has 0 spiro atoms. The minimum Gasteiger partial charge on any atom is -0.271 e. The van der Waals surface area contributed by atoms with Crippen LogP contribution in [-0.2, 0) is 6.42 Å². The fourth-order valence-corrected chi connectivity index (χ4v) is 3.93. The highest BCUT2D eigenvalue weighted by molar-refractivity contribution is 9.11. The molecule has 2 rings (SSSR count). The largest absolute Gasteiger partial charge is 0.271 e. The Morgan fingerprint density at radius 1 is 1.28 bits per heavy atom. The van der Waals surface area contributed by atoms with Crippen LogP contribution in [0.3, 0.4) is 0 Å². The van der Waals surface area contributed by atoms with Crippen molar-refractivity contribution < 1.29 is 0 Å². The minimum atomic E-state index is 0.116. The zero-order chi connectivity index (χ0) is 13.1. The molecule has 5 heteroatoms. The summed E-state index contributed by atoms with van der Waals surface area (Å²) in [6, 6.07) is 10.6. The van der Waals surface area contributed by atoms with E-state index in [2.05, 4.69) is 74.5 Å². The smallest absolute Gasteiger partial charge is 0.0701 e. The summed E-state index contributed by atoms with van der Waals surface area (Å²) in [6.07, 6.45) is 0.884. The van der Waals surface area contributed by atoms with E-state index in [1.165, 1.54) is 16.0 Å². The lowest BCUT2D eigenvalue weighted by Crippen LogP contribution is -2.29. The Bertz CT molecular complexity index is 540. The van der Waals surface area contributed by atoms with Gasteiger partial charge in [-0.15, -0.1) is 11.3 Å². The van der Waals surface area contributed by atoms with Crippen LogP contribution < -0.4 is 11.3 Å². The summed E-state index contributed by atoms with van der Waals surface area (Å²) in [6.45, 7) is 2.09. The zero-order valence-corrected chi connectivity index (χ0v) is 13.9. The second kappa shape index (κ2) is 6.30. The molecule has 1 aromatic heterocycles. The van der Waals surface area contributed by atoms with Gasteiger partial charge < -0.3 is 0 Å². The predicted octanol–water partition coefficient (Wildman–Crippen LogP) is 4.33. The van der Waals surface area contributed by atoms with Gasteiger partial charge in [-0.2, -0.15) is 0 Å². The average molecular weight is 390 g/mol. The molecule has 3 N–H and O–H groups in total. The van der Waals surface area contributed by atoms with Gasteiger partial charge in [0.15, 0.2) is 0 Å². The molecule has 2 aromatic rings. The number of hydrazine groups is 1. The standard InChI is InChI=1S/C13H14Br2N2S/c1-8-3-2-4-10(13(8)15)11(17-16)7-9-5-6-12(14)18-9/h2-6,11,17H,7,16H2,1H3. The normalized spacial score (nSPS) is 12.7. The van der Waals surface area contributed by atoms with E-state index in [1.807, 2.05) is 0 Å². The number of nitrogens with one attached hydrogen (secondary N) is 1. The van der Waals surface area contributed by atoms with E-state index in [9.17, 15) is 0 Å². The van der Waals surface area contributed by atoms with E-state index in [4.69, 9.17) is 5.84 Å². The van der Waals surface area contributed by atoms with Crippen LogP contribution in [0.5, 0.6) is 0 Å². The fourth-order valence-electron chi connectivity index (χ4n) is 1.86. The monoisotopic (exact) mass is 388 g/mol. The van der Waals surface area contributed by atoms with Crippen LogP contribution in [0.2, 0.25) is 0 Å². The lowest BCUT2D eigenvalue weighted by molar-refractivity contribution is 0.553. The Morgan fingerprint density at radius 2 is 2.06 bits per heavy atom. The molecular weight excluding hydrogens is 376 g/mol. The van der Waals surface area contributed by atoms with Crippen molar-refractivity contribution >= 4 is 43.2 Å². The maximum atomic E-state index is 5.70. The summed E-state index contributed by atoms with van der Waals surface area (Å²) >= 11 is 8.86. The summed E-state index contributed by atoms with van der Waals surface area (Å²) in [5, 5.41) is 0. The fraction of sp³-hybridized carbons (Fsp3) is 0.231. The van der Waals surface area contributed by atoms with Gasteiger partial charge >= 0.3 is 0 Å². The topological polar surface area (TPSA) is 38.0 Å². The Hall–Kier alpha value is -0.200. The maximum absolute atomic E-state index is 5.70. The van der Waals surface area contributed by atoms with Crippen molar-refractivity contribution in [2.45, 2.75) is 19.4 Å². The Balaban J connectivity index is 2.25. The number of thiophene rings is 1. The third-order valence-corrected chi connectivity index (χ3v) is 5.56. The van der Waals surface area contributed by atoms with Gasteiger partial charge in [-0.05, 0) is 46.1 Å². The van der Waals surface area contributed by atoms with E-state index in [-0.39, 0.29) is 6.04 Å². The van der Waals surface area contributed by atoms with Gasteiger partial charge in [-0.3, -0.25) is 11.3 Å². The highest BCUT2D eigenvalue weighted by atomic mass is 79.9. The summed E-state index contributed by atoms with van der Waals surface area (Å²) in [5.74, 6) is 5.70. The first-order valence-electron chi connectivity index (χ1n) is 5.57. The van der Waals surface area contributed by atoms with Crippen molar-refractivity contribution in [2.24, 2.45) is 5.84 Å². The lowest BCUT2D eigenvalue weighted by Gasteiger charge is -2.18. The Morgan fingerprint density at radius 3 is 2.67 bits per heavy atom. The number of hydrogen-bond acceptors (Lipinski definition) is 3. The highest BCUT2D eigenvalue weighted by Crippen LogP contribution is 2.31. The number of aryl methyl sites for hydroxylation is 1. The molecule has 0 radical (unpaired) electrons. The lowest BCUT2D eigenvalue weighted by atomic mass is 10.0. The van der Waals surface area contributed by atoms with Crippen LogP contribution in [0.15, 0.2) is 38.6 Å². The number of halogens is 2. The first kappa shape index (κ1) is 14.2. The molecular formula is C13H14Br2N2S. The number of benzene rings is 1. The van der Waals surface area contributed by atoms with Crippen LogP contribution >= 0.6 is 43.2 Å². The molecule has 0 bridgehead atoms. The van der Waals surface area contributed by atoms with Crippen molar-refractivity contribution in [3.63, 3.8) is 0 Å². The molecule has 0 aliphatic heterocycles. The molecule has 2 nitrogen and oxygen atoms in total. The third kappa shape index (κ3) is 3.22. The van der Waals surface area contributed by atoms with Crippen molar-refractivity contribution in [3.05, 3.63) is 54.6 Å². The molecule has 1 heterocycles. The first-order chi connectivity index (χ1) is 8.61. The first-order valence-corrected chi connectivity index (χ1v) is 7.97. The number of rotatable bonds is 4. The van der Waals surface area contributed by atoms with Crippen LogP contribution in [0.1, 0.15) is 22.0 Å². The van der Waals surface area contributed by atoms with Crippen molar-refractivity contribution in [1.82, 2.24) is 5.43 Å². The summed E-state index contributed by atoms with van der Waals surface area (Å²) in [7, 11) is 0. The van der Waals surface area contributed by atoms with Crippen LogP contribution in [-0.4, -0.2) is 0 Å². The predicted molar refractivity (Wildman–Crippen MR) is 84.7 cm³/mol. The molecule has 0 aliphatic carbocycles. The van der Waals surface area contributed by atoms with E-state index in [0.717, 1.165) is 14.7 Å². The van der Waals surface area contributed by atoms with Gasteiger partial charge in [0, 0.05) is 15.8 Å². The second-order valence-electron chi connectivity index (χ2n) is 4.11. The van der Waals surface area contributed by atoms with Gasteiger partial charge in [0.1, 0.15) is 0 Å². The maximum Gasteiger partial charge on any atom is 0.0701 e. The molecule has 0 saturated heterocycles. The molecule has 0 aliphatic rings. The van der Waals surface area contributed by atoms with Gasteiger partial charge in [0.2, 0.25) is 0 Å². The summed E-state index contributed by atoms with van der Waals surface area (Å²) in [5.41, 5.74) is 5.32. The second-order valence-corrected chi connectivity index (χ2v) is 7.45. The highest BCUT2D eigenvalue weighted by Gasteiger charge is 2.15. The Kier molecular flexibility index (Phi) is 4.98. The SMILES string of the molecule is Cc1cccc(C(Cc2ccc(Br)s2)NN)c1Br. The van der Waals surface area contributed by atoms with Crippen molar-refractivity contribution in [1.29, 1.82) is 0 Å². The van der Waals surface area contributed by atoms with Gasteiger partial charge in [0.25, 0.3) is 0 Å². The minimum absolute atomic E-state index is 0.116. The Labute approximate surface area is 128 Å². The number of hydrogen-bond donors (Lipinski definition) is 2. The molecule has 1 aromatic carbocycles. The van der Waals surface area contributed by atoms with E-state index >= 15 is 0 Å². The average Bonchev–Trinajstić information content (AvgIpc) is 2.76. The molecule has 0 amide bonds. The van der Waals surface area contributed by atoms with Gasteiger partial charge in [-0.25, -0.2) is 0 Å². The van der Waals surface area contributed by atoms with Gasteiger partial charge in [-0.1, -0.05) is 34.1 Å². The third-order valence-electron chi connectivity index (χ3n) is 2.83. The van der Waals surface area contributed by atoms with Crippen molar-refractivity contribution in [2.75, 3.05) is 0 Å². The number of nitrogens with two attached hydrogens (primary N) is 1. The molecule has 96 valence electrons. The van der Waals surface area contributed by atoms with Gasteiger partial charge in [0.05, 0.1) is 9.83 Å². The van der Waals surface area contributed by atoms with Crippen LogP contribution in [0, 0.1) is 6.92 Å². The van der Waals surface area contributed by atoms with E-state index in [0.29, 0.717) is 0 Å². The molecule has 0 saturated carbocycles. The van der Waals surface area contributed by atoms with Crippen LogP contribution in [0.4, 0.5) is 0 Å². The molecule has 0 fully saturated rings. The van der Waals surface area contributed by atoms with E-state index in [1.54, 1.807) is 11.3 Å². The molecule has 18 heavy (non-hydrogen) atoms. The summed E-state index contributed by atoms with van der Waals surface area (Å²) < 4.78 is 2.28.